The number of sulfonamides is 1. The summed E-state index contributed by atoms with van der Waals surface area (Å²) in [6.45, 7) is -0.612. The van der Waals surface area contributed by atoms with E-state index in [0.717, 1.165) is 69.4 Å². The van der Waals surface area contributed by atoms with Crippen molar-refractivity contribution in [2.45, 2.75) is 68.0 Å². The lowest BCUT2D eigenvalue weighted by molar-refractivity contribution is -0.605. The Morgan fingerprint density at radius 1 is 0.923 bits per heavy atom. The first-order valence-electron chi connectivity index (χ1n) is 19.8. The number of carbonyl (C=O) groups excluding carboxylic acids is 2. The molecule has 4 heterocycles. The maximum absolute atomic E-state index is 13.9. The number of carboxylic acids is 1. The van der Waals surface area contributed by atoms with Gasteiger partial charge in [-0.15, -0.1) is 0 Å². The smallest absolute Gasteiger partial charge is 0.490 e. The van der Waals surface area contributed by atoms with E-state index in [1.807, 2.05) is 0 Å². The molecule has 2 unspecified atom stereocenters. The minimum absolute atomic E-state index is 0.0321. The van der Waals surface area contributed by atoms with Crippen LogP contribution in [0.15, 0.2) is 84.0 Å². The summed E-state index contributed by atoms with van der Waals surface area (Å²) in [6.07, 6.45) is -1.35. The van der Waals surface area contributed by atoms with Gasteiger partial charge in [-0.05, 0) is 104 Å². The Bertz CT molecular complexity index is 2450. The number of carbonyl (C=O) groups is 3. The van der Waals surface area contributed by atoms with Crippen LogP contribution in [0.2, 0.25) is 10.0 Å². The van der Waals surface area contributed by atoms with Crippen LogP contribution >= 0.6 is 23.2 Å². The molecular weight excluding hydrogens is 939 g/mol. The van der Waals surface area contributed by atoms with Gasteiger partial charge in [0, 0.05) is 18.5 Å². The molecule has 14 nitrogen and oxygen atoms in total. The van der Waals surface area contributed by atoms with E-state index in [2.05, 4.69) is 14.4 Å². The highest BCUT2D eigenvalue weighted by Gasteiger charge is 2.40. The fourth-order valence-electron chi connectivity index (χ4n) is 7.04. The van der Waals surface area contributed by atoms with E-state index in [1.54, 1.807) is 0 Å². The number of fused-ring (bicyclic) bond motifs is 3. The number of alkyl halides is 5. The van der Waals surface area contributed by atoms with Crippen LogP contribution in [0.25, 0.3) is 0 Å². The number of ether oxygens (including phenoxy) is 4. The summed E-state index contributed by atoms with van der Waals surface area (Å²) < 4.78 is 125. The molecule has 3 atom stereocenters. The average Bonchev–Trinajstić information content (AvgIpc) is 4.08. The minimum atomic E-state index is -5.08. The number of piperidine rings is 3. The molecule has 3 aromatic carbocycles. The van der Waals surface area contributed by atoms with Crippen molar-refractivity contribution in [1.29, 1.82) is 0 Å². The Balaban J connectivity index is 0.000000925. The molecule has 65 heavy (non-hydrogen) atoms. The number of hydrogen-bond acceptors (Lipinski definition) is 11. The molecule has 4 aliphatic rings. The Morgan fingerprint density at radius 2 is 1.55 bits per heavy atom. The second-order valence-corrected chi connectivity index (χ2v) is 17.8. The van der Waals surface area contributed by atoms with E-state index < -0.39 is 69.7 Å². The molecule has 0 amide bonds. The van der Waals surface area contributed by atoms with Crippen molar-refractivity contribution in [3.8, 4) is 11.5 Å². The van der Waals surface area contributed by atoms with Crippen molar-refractivity contribution in [3.63, 3.8) is 0 Å². The number of aromatic nitrogens is 1. The van der Waals surface area contributed by atoms with Crippen LogP contribution in [0, 0.1) is 22.9 Å². The van der Waals surface area contributed by atoms with E-state index >= 15 is 0 Å². The SMILES string of the molecule is O=C(O)C(F)(F)F.O=C(OC(Cc1c(Cl)c[n+]([O-])cc1Cl)c1ccc(OC(F)F)c(OCC2CC2)c1)c1cccc(S(=O)(=O)NC(C(=O)O[C@H]2CN3CCC2CC3)c2ccc(F)cc2)c1. The lowest BCUT2D eigenvalue weighted by Gasteiger charge is -2.44. The van der Waals surface area contributed by atoms with Crippen molar-refractivity contribution < 1.29 is 77.9 Å². The van der Waals surface area contributed by atoms with Crippen molar-refractivity contribution in [2.24, 2.45) is 11.8 Å². The summed E-state index contributed by atoms with van der Waals surface area (Å²) >= 11 is 12.8. The normalized spacial score (nSPS) is 19.1. The first-order valence-corrected chi connectivity index (χ1v) is 22.0. The van der Waals surface area contributed by atoms with Crippen molar-refractivity contribution >= 4 is 51.1 Å². The first-order chi connectivity index (χ1) is 30.7. The van der Waals surface area contributed by atoms with Crippen LogP contribution in [-0.2, 0) is 35.5 Å². The molecule has 2 N–H and O–H groups in total. The average molecular weight is 979 g/mol. The third kappa shape index (κ3) is 13.4. The van der Waals surface area contributed by atoms with Gasteiger partial charge in [0.1, 0.15) is 34.1 Å². The molecular formula is C42H39Cl2F6N3O11S. The molecule has 350 valence electrons. The highest BCUT2D eigenvalue weighted by molar-refractivity contribution is 7.89. The summed E-state index contributed by atoms with van der Waals surface area (Å²) in [5.41, 5.74) is 0.396. The standard InChI is InChI=1S/C40H38Cl2F3N3O9S.C2HF3O2/c41-31-19-48(51)20-32(42)30(31)18-34(26-8-11-33(57-40(44)45)35(17-26)54-22-23-4-5-23)55-38(49)27-2-1-3-29(16-27)58(52,53)46-37(25-6-9-28(43)10-7-25)39(50)56-36-21-47-14-12-24(36)13-15-47;3-2(4,5)1(6)7/h1-3,6-11,16-17,19-20,23-24,34,36-37,40,46H,4-5,12-15,18,21-22H2;(H,6,7)/t34?,36-,37?;/m0./s1. The van der Waals surface area contributed by atoms with Crippen LogP contribution in [0.3, 0.4) is 0 Å². The van der Waals surface area contributed by atoms with Gasteiger partial charge in [-0.2, -0.15) is 31.4 Å². The van der Waals surface area contributed by atoms with Gasteiger partial charge in [0.15, 0.2) is 23.9 Å². The van der Waals surface area contributed by atoms with Gasteiger partial charge in [-0.25, -0.2) is 27.2 Å². The maximum Gasteiger partial charge on any atom is 0.490 e. The number of benzene rings is 3. The van der Waals surface area contributed by atoms with Crippen LogP contribution in [-0.4, -0.2) is 81.5 Å². The number of aliphatic carboxylic acids is 1. The molecule has 4 fully saturated rings. The molecule has 0 spiro atoms. The van der Waals surface area contributed by atoms with Crippen molar-refractivity contribution in [1.82, 2.24) is 9.62 Å². The third-order valence-electron chi connectivity index (χ3n) is 10.6. The highest BCUT2D eigenvalue weighted by atomic mass is 35.5. The van der Waals surface area contributed by atoms with Crippen LogP contribution < -0.4 is 18.9 Å². The summed E-state index contributed by atoms with van der Waals surface area (Å²) in [7, 11) is -4.56. The summed E-state index contributed by atoms with van der Waals surface area (Å²) in [6, 6.07) is 12.1. The van der Waals surface area contributed by atoms with E-state index in [-0.39, 0.29) is 68.7 Å². The Kier molecular flexibility index (Phi) is 15.8. The third-order valence-corrected chi connectivity index (χ3v) is 12.7. The van der Waals surface area contributed by atoms with Gasteiger partial charge in [0.05, 0.1) is 17.1 Å². The second-order valence-electron chi connectivity index (χ2n) is 15.3. The van der Waals surface area contributed by atoms with Crippen LogP contribution in [0.5, 0.6) is 11.5 Å². The number of rotatable bonds is 16. The summed E-state index contributed by atoms with van der Waals surface area (Å²) in [4.78, 5) is 38.2. The Hall–Kier alpha value is -5.35. The number of pyridine rings is 1. The van der Waals surface area contributed by atoms with Crippen molar-refractivity contribution in [2.75, 3.05) is 26.2 Å². The zero-order valence-electron chi connectivity index (χ0n) is 33.7. The molecule has 1 aliphatic carbocycles. The second kappa shape index (κ2) is 20.9. The number of hydrogen-bond donors (Lipinski definition) is 2. The number of carboxylic acid groups (broad SMARTS) is 1. The molecule has 0 radical (unpaired) electrons. The van der Waals surface area contributed by atoms with Crippen molar-refractivity contribution in [3.05, 3.63) is 122 Å². The van der Waals surface area contributed by atoms with Gasteiger partial charge in [-0.3, -0.25) is 4.90 Å². The predicted octanol–water partition coefficient (Wildman–Crippen LogP) is 7.59. The zero-order valence-corrected chi connectivity index (χ0v) is 36.0. The lowest BCUT2D eigenvalue weighted by Crippen LogP contribution is -2.52. The Morgan fingerprint density at radius 3 is 2.12 bits per heavy atom. The number of esters is 2. The van der Waals surface area contributed by atoms with Gasteiger partial charge >= 0.3 is 30.7 Å². The summed E-state index contributed by atoms with van der Waals surface area (Å²) in [5.74, 6) is -5.11. The zero-order chi connectivity index (χ0) is 47.2. The fraction of sp³-hybridized carbons (Fsp3) is 0.381. The van der Waals surface area contributed by atoms with E-state index in [0.29, 0.717) is 11.3 Å². The van der Waals surface area contributed by atoms with Gasteiger partial charge in [0.25, 0.3) is 0 Å². The molecule has 2 bridgehead atoms. The lowest BCUT2D eigenvalue weighted by atomic mass is 9.86. The van der Waals surface area contributed by atoms with E-state index in [4.69, 9.17) is 47.3 Å². The quantitative estimate of drug-likeness (QED) is 0.0486. The van der Waals surface area contributed by atoms with Crippen LogP contribution in [0.1, 0.15) is 64.9 Å². The minimum Gasteiger partial charge on any atom is -0.619 e. The summed E-state index contributed by atoms with van der Waals surface area (Å²) in [5, 5.41) is 19.0. The number of nitrogens with one attached hydrogen (secondary N) is 1. The predicted molar refractivity (Wildman–Crippen MR) is 217 cm³/mol. The molecule has 23 heteroatoms. The number of nitrogens with zero attached hydrogens (tertiary/aromatic N) is 2. The molecule has 8 rings (SSSR count). The molecule has 3 saturated heterocycles. The molecule has 1 saturated carbocycles. The topological polar surface area (TPSA) is 185 Å². The van der Waals surface area contributed by atoms with Crippen LogP contribution in [0.4, 0.5) is 26.3 Å². The molecule has 4 aromatic rings. The van der Waals surface area contributed by atoms with Gasteiger partial charge in [-0.1, -0.05) is 47.5 Å². The fourth-order valence-corrected chi connectivity index (χ4v) is 8.86. The van der Waals surface area contributed by atoms with E-state index in [9.17, 15) is 49.6 Å². The highest BCUT2D eigenvalue weighted by Crippen LogP contribution is 2.38. The van der Waals surface area contributed by atoms with E-state index in [1.165, 1.54) is 48.5 Å². The monoisotopic (exact) mass is 977 g/mol. The van der Waals surface area contributed by atoms with Gasteiger partial charge < -0.3 is 29.3 Å². The maximum atomic E-state index is 13.9. The largest absolute Gasteiger partial charge is 0.619 e. The molecule has 1 aromatic heterocycles. The first kappa shape index (κ1) is 49.1. The molecule has 3 aliphatic heterocycles. The Labute approximate surface area is 377 Å². The van der Waals surface area contributed by atoms with Gasteiger partial charge in [0.2, 0.25) is 10.0 Å². The number of halogens is 8.